The van der Waals surface area contributed by atoms with Crippen LogP contribution in [-0.4, -0.2) is 24.7 Å². The maximum absolute atomic E-state index is 12.5. The van der Waals surface area contributed by atoms with Gasteiger partial charge < -0.3 is 4.74 Å². The zero-order chi connectivity index (χ0) is 17.5. The van der Waals surface area contributed by atoms with E-state index in [1.165, 1.54) is 0 Å². The molecule has 0 aliphatic rings. The largest absolute Gasteiger partial charge is 0.573 e. The zero-order valence-electron chi connectivity index (χ0n) is 9.57. The maximum Gasteiger partial charge on any atom is 0.573 e. The smallest absolute Gasteiger partial charge is 0.395 e. The van der Waals surface area contributed by atoms with E-state index in [9.17, 15) is 44.9 Å². The Kier molecular flexibility index (Phi) is 4.49. The molecule has 0 radical (unpaired) electrons. The van der Waals surface area contributed by atoms with E-state index in [0.717, 1.165) is 0 Å². The summed E-state index contributed by atoms with van der Waals surface area (Å²) in [6.45, 7) is 0. The summed E-state index contributed by atoms with van der Waals surface area (Å²) in [5.41, 5.74) is -4.05. The van der Waals surface area contributed by atoms with Gasteiger partial charge in [0.25, 0.3) is 9.05 Å². The van der Waals surface area contributed by atoms with E-state index >= 15 is 0 Å². The predicted octanol–water partition coefficient (Wildman–Crippen LogP) is 2.83. The first-order valence-corrected chi connectivity index (χ1v) is 6.91. The van der Waals surface area contributed by atoms with Gasteiger partial charge in [0.05, 0.1) is 11.0 Å². The van der Waals surface area contributed by atoms with E-state index in [-0.39, 0.29) is 0 Å². The van der Waals surface area contributed by atoms with Gasteiger partial charge in [0, 0.05) is 10.7 Å². The minimum atomic E-state index is -5.64. The molecule has 1 heterocycles. The van der Waals surface area contributed by atoms with Gasteiger partial charge in [-0.15, -0.1) is 13.2 Å². The van der Waals surface area contributed by atoms with Gasteiger partial charge in [-0.25, -0.2) is 13.4 Å². The van der Waals surface area contributed by atoms with Crippen molar-refractivity contribution in [1.82, 2.24) is 4.98 Å². The Balaban J connectivity index is 3.83. The number of hydrogen-bond acceptors (Lipinski definition) is 6. The van der Waals surface area contributed by atoms with Crippen molar-refractivity contribution in [2.45, 2.75) is 17.6 Å². The van der Waals surface area contributed by atoms with Gasteiger partial charge >= 0.3 is 18.2 Å². The normalized spacial score (nSPS) is 13.0. The molecule has 0 aliphatic heterocycles. The van der Waals surface area contributed by atoms with Gasteiger partial charge in [-0.05, 0) is 0 Å². The van der Waals surface area contributed by atoms with Crippen LogP contribution < -0.4 is 4.74 Å². The standard InChI is InChI=1S/C7HClF6N2O5S/c8-22(19,20)5-4(21-7(12,13)14)2(16(17)18)1-3(15-5)6(9,10)11/h1H. The van der Waals surface area contributed by atoms with Crippen LogP contribution in [0.5, 0.6) is 5.75 Å². The first kappa shape index (κ1) is 18.2. The highest BCUT2D eigenvalue weighted by atomic mass is 35.7. The Morgan fingerprint density at radius 3 is 2.05 bits per heavy atom. The molecule has 7 nitrogen and oxygen atoms in total. The Morgan fingerprint density at radius 1 is 1.23 bits per heavy atom. The Labute approximate surface area is 121 Å². The van der Waals surface area contributed by atoms with Crippen molar-refractivity contribution >= 4 is 25.4 Å². The third-order valence-electron chi connectivity index (χ3n) is 1.86. The van der Waals surface area contributed by atoms with Crippen molar-refractivity contribution in [2.75, 3.05) is 0 Å². The van der Waals surface area contributed by atoms with Crippen LogP contribution in [0.3, 0.4) is 0 Å². The van der Waals surface area contributed by atoms with E-state index in [0.29, 0.717) is 0 Å². The highest BCUT2D eigenvalue weighted by molar-refractivity contribution is 8.13. The molecule has 0 amide bonds. The molecule has 15 heteroatoms. The molecule has 0 fully saturated rings. The van der Waals surface area contributed by atoms with Crippen molar-refractivity contribution in [3.8, 4) is 5.75 Å². The van der Waals surface area contributed by atoms with Gasteiger partial charge in [-0.3, -0.25) is 10.1 Å². The minimum Gasteiger partial charge on any atom is -0.395 e. The monoisotopic (exact) mass is 374 g/mol. The lowest BCUT2D eigenvalue weighted by Crippen LogP contribution is -2.21. The molecular weight excluding hydrogens is 374 g/mol. The Hall–Kier alpha value is -1.83. The van der Waals surface area contributed by atoms with Crippen LogP contribution in [0.4, 0.5) is 32.0 Å². The number of nitro groups is 1. The van der Waals surface area contributed by atoms with Gasteiger partial charge in [0.1, 0.15) is 0 Å². The summed E-state index contributed by atoms with van der Waals surface area (Å²) in [4.78, 5) is 11.3. The van der Waals surface area contributed by atoms with Crippen molar-refractivity contribution in [1.29, 1.82) is 0 Å². The topological polar surface area (TPSA) is 99.4 Å². The molecule has 0 saturated carbocycles. The molecule has 0 aliphatic carbocycles. The number of hydrogen-bond donors (Lipinski definition) is 0. The molecule has 1 aromatic heterocycles. The Bertz CT molecular complexity index is 715. The van der Waals surface area contributed by atoms with Crippen LogP contribution >= 0.6 is 10.7 Å². The summed E-state index contributed by atoms with van der Waals surface area (Å²) in [6.07, 6.45) is -11.0. The number of ether oxygens (including phenoxy) is 1. The summed E-state index contributed by atoms with van der Waals surface area (Å²) >= 11 is 0. The fourth-order valence-electron chi connectivity index (χ4n) is 1.15. The van der Waals surface area contributed by atoms with Crippen molar-refractivity contribution < 1.29 is 44.4 Å². The van der Waals surface area contributed by atoms with Crippen molar-refractivity contribution in [3.05, 3.63) is 21.9 Å². The van der Waals surface area contributed by atoms with Crippen molar-refractivity contribution in [2.24, 2.45) is 0 Å². The van der Waals surface area contributed by atoms with Gasteiger partial charge in [-0.1, -0.05) is 0 Å². The number of pyridine rings is 1. The second-order valence-electron chi connectivity index (χ2n) is 3.40. The van der Waals surface area contributed by atoms with Gasteiger partial charge in [0.2, 0.25) is 10.8 Å². The second-order valence-corrected chi connectivity index (χ2v) is 5.88. The van der Waals surface area contributed by atoms with Crippen LogP contribution in [0.1, 0.15) is 5.69 Å². The molecule has 0 spiro atoms. The number of halogens is 7. The number of aromatic nitrogens is 1. The van der Waals surface area contributed by atoms with E-state index < -0.39 is 54.7 Å². The number of nitrogens with zero attached hydrogens (tertiary/aromatic N) is 2. The summed E-state index contributed by atoms with van der Waals surface area (Å²) in [5, 5.41) is 8.52. The second kappa shape index (κ2) is 5.42. The molecule has 0 aromatic carbocycles. The van der Waals surface area contributed by atoms with Crippen LogP contribution in [0.15, 0.2) is 11.1 Å². The number of alkyl halides is 6. The highest BCUT2D eigenvalue weighted by Gasteiger charge is 2.43. The van der Waals surface area contributed by atoms with E-state index in [1.54, 1.807) is 0 Å². The molecule has 1 rings (SSSR count). The highest BCUT2D eigenvalue weighted by Crippen LogP contribution is 2.41. The summed E-state index contributed by atoms with van der Waals surface area (Å²) in [5.74, 6) is -2.07. The molecule has 0 saturated heterocycles. The molecule has 0 atom stereocenters. The first-order chi connectivity index (χ1) is 9.63. The van der Waals surface area contributed by atoms with E-state index in [4.69, 9.17) is 0 Å². The zero-order valence-corrected chi connectivity index (χ0v) is 11.1. The van der Waals surface area contributed by atoms with E-state index in [2.05, 4.69) is 20.4 Å². The average Bonchev–Trinajstić information content (AvgIpc) is 2.23. The fraction of sp³-hybridized carbons (Fsp3) is 0.286. The first-order valence-electron chi connectivity index (χ1n) is 4.60. The maximum atomic E-state index is 12.5. The lowest BCUT2D eigenvalue weighted by atomic mass is 10.3. The summed E-state index contributed by atoms with van der Waals surface area (Å²) in [6, 6.07) is -0.410. The lowest BCUT2D eigenvalue weighted by Gasteiger charge is -2.13. The van der Waals surface area contributed by atoms with Gasteiger partial charge in [-0.2, -0.15) is 13.2 Å². The van der Waals surface area contributed by atoms with Crippen molar-refractivity contribution in [3.63, 3.8) is 0 Å². The molecule has 0 unspecified atom stereocenters. The van der Waals surface area contributed by atoms with Crippen LogP contribution in [-0.2, 0) is 15.2 Å². The molecule has 22 heavy (non-hydrogen) atoms. The van der Waals surface area contributed by atoms with Crippen LogP contribution in [0.2, 0.25) is 0 Å². The minimum absolute atomic E-state index is 0.410. The predicted molar refractivity (Wildman–Crippen MR) is 55.6 cm³/mol. The van der Waals surface area contributed by atoms with Gasteiger partial charge in [0.15, 0.2) is 5.69 Å². The SMILES string of the molecule is O=[N+]([O-])c1cc(C(F)(F)F)nc(S(=O)(=O)Cl)c1OC(F)(F)F. The Morgan fingerprint density at radius 2 is 1.73 bits per heavy atom. The third-order valence-corrected chi connectivity index (χ3v) is 3.04. The van der Waals surface area contributed by atoms with E-state index in [1.807, 2.05) is 0 Å². The summed E-state index contributed by atoms with van der Waals surface area (Å²) < 4.78 is 99.1. The molecule has 124 valence electrons. The summed E-state index contributed by atoms with van der Waals surface area (Å²) in [7, 11) is -0.649. The third kappa shape index (κ3) is 4.33. The fourth-order valence-corrected chi connectivity index (χ4v) is 2.04. The molecular formula is C7HClF6N2O5S. The quantitative estimate of drug-likeness (QED) is 0.349. The van der Waals surface area contributed by atoms with Crippen LogP contribution in [0, 0.1) is 10.1 Å². The molecule has 0 N–H and O–H groups in total. The average molecular weight is 375 g/mol. The number of rotatable bonds is 3. The lowest BCUT2D eigenvalue weighted by molar-refractivity contribution is -0.389. The molecule has 1 aromatic rings. The van der Waals surface area contributed by atoms with Crippen LogP contribution in [0.25, 0.3) is 0 Å². The molecule has 0 bridgehead atoms.